The lowest BCUT2D eigenvalue weighted by atomic mass is 10.0. The van der Waals surface area contributed by atoms with Crippen molar-refractivity contribution in [1.29, 1.82) is 0 Å². The van der Waals surface area contributed by atoms with Gasteiger partial charge in [0.15, 0.2) is 0 Å². The summed E-state index contributed by atoms with van der Waals surface area (Å²) in [6, 6.07) is 6.42. The second-order valence-corrected chi connectivity index (χ2v) is 10.8. The number of methoxy groups -OCH3 is 1. The molecule has 172 valence electrons. The highest BCUT2D eigenvalue weighted by molar-refractivity contribution is 7.92. The quantitative estimate of drug-likeness (QED) is 0.510. The fourth-order valence-corrected chi connectivity index (χ4v) is 6.21. The summed E-state index contributed by atoms with van der Waals surface area (Å²) in [4.78, 5) is 16.6. The third-order valence-electron chi connectivity index (χ3n) is 4.83. The number of nitrogens with one attached hydrogen (secondary N) is 1. The molecule has 0 fully saturated rings. The molecular weight excluding hydrogens is 453 g/mol. The summed E-state index contributed by atoms with van der Waals surface area (Å²) < 4.78 is 48.8. The zero-order chi connectivity index (χ0) is 23.5. The average Bonchev–Trinajstić information content (AvgIpc) is 3.35. The number of carbonyl (C=O) groups excluding carboxylic acids is 1. The number of benzene rings is 1. The van der Waals surface area contributed by atoms with Crippen molar-refractivity contribution in [1.82, 2.24) is 14.3 Å². The molecule has 1 amide bonds. The van der Waals surface area contributed by atoms with Gasteiger partial charge < -0.3 is 9.30 Å². The van der Waals surface area contributed by atoms with E-state index in [-0.39, 0.29) is 4.21 Å². The maximum absolute atomic E-state index is 15.0. The Balaban J connectivity index is 2.01. The lowest BCUT2D eigenvalue weighted by Crippen LogP contribution is -2.30. The second kappa shape index (κ2) is 9.83. The van der Waals surface area contributed by atoms with Crippen LogP contribution in [-0.4, -0.2) is 31.2 Å². The van der Waals surface area contributed by atoms with Gasteiger partial charge in [-0.1, -0.05) is 32.9 Å². The number of aromatic nitrogens is 2. The zero-order valence-corrected chi connectivity index (χ0v) is 20.0. The van der Waals surface area contributed by atoms with Gasteiger partial charge in [0.1, 0.15) is 15.9 Å². The molecule has 0 saturated carbocycles. The third kappa shape index (κ3) is 5.36. The molecular formula is C22H26FN3O4S2. The normalized spacial score (nSPS) is 11.7. The lowest BCUT2D eigenvalue weighted by molar-refractivity contribution is 0.177. The first-order valence-corrected chi connectivity index (χ1v) is 12.5. The van der Waals surface area contributed by atoms with Crippen molar-refractivity contribution in [2.24, 2.45) is 5.92 Å². The SMILES string of the molecule is CCc1nccn1Cc1ccc(-c2cc(CC(C)C)sc2S(=O)(=O)NC(=O)OC)cc1F. The van der Waals surface area contributed by atoms with E-state index in [0.717, 1.165) is 35.6 Å². The lowest BCUT2D eigenvalue weighted by Gasteiger charge is -2.10. The first kappa shape index (κ1) is 23.9. The van der Waals surface area contributed by atoms with Crippen molar-refractivity contribution in [2.75, 3.05) is 7.11 Å². The minimum Gasteiger partial charge on any atom is -0.452 e. The molecule has 0 aliphatic carbocycles. The molecule has 2 aromatic heterocycles. The van der Waals surface area contributed by atoms with E-state index < -0.39 is 21.9 Å². The highest BCUT2D eigenvalue weighted by Crippen LogP contribution is 2.37. The molecule has 0 aliphatic heterocycles. The molecule has 0 radical (unpaired) electrons. The summed E-state index contributed by atoms with van der Waals surface area (Å²) >= 11 is 1.07. The number of carbonyl (C=O) groups is 1. The Hall–Kier alpha value is -2.72. The number of sulfonamides is 1. The van der Waals surface area contributed by atoms with Crippen LogP contribution in [0.2, 0.25) is 0 Å². The van der Waals surface area contributed by atoms with E-state index in [9.17, 15) is 13.2 Å². The van der Waals surface area contributed by atoms with Crippen LogP contribution in [0.3, 0.4) is 0 Å². The van der Waals surface area contributed by atoms with E-state index in [0.29, 0.717) is 35.6 Å². The van der Waals surface area contributed by atoms with E-state index in [1.165, 1.54) is 6.07 Å². The topological polar surface area (TPSA) is 90.3 Å². The second-order valence-electron chi connectivity index (χ2n) is 7.74. The van der Waals surface area contributed by atoms with Crippen LogP contribution < -0.4 is 4.72 Å². The number of imidazole rings is 1. The minimum absolute atomic E-state index is 0.0476. The molecule has 3 aromatic rings. The smallest absolute Gasteiger partial charge is 0.420 e. The van der Waals surface area contributed by atoms with Crippen LogP contribution in [0.1, 0.15) is 37.0 Å². The molecule has 1 N–H and O–H groups in total. The largest absolute Gasteiger partial charge is 0.452 e. The van der Waals surface area contributed by atoms with E-state index in [1.807, 2.05) is 30.1 Å². The van der Waals surface area contributed by atoms with Crippen molar-refractivity contribution in [2.45, 2.75) is 44.4 Å². The third-order valence-corrected chi connectivity index (χ3v) is 7.83. The number of thiophene rings is 1. The molecule has 1 aromatic carbocycles. The highest BCUT2D eigenvalue weighted by atomic mass is 32.2. The van der Waals surface area contributed by atoms with Crippen LogP contribution >= 0.6 is 11.3 Å². The van der Waals surface area contributed by atoms with E-state index in [2.05, 4.69) is 9.72 Å². The first-order chi connectivity index (χ1) is 15.1. The van der Waals surface area contributed by atoms with Crippen molar-refractivity contribution < 1.29 is 22.3 Å². The molecule has 0 bridgehead atoms. The van der Waals surface area contributed by atoms with Gasteiger partial charge in [0.05, 0.1) is 13.7 Å². The molecule has 0 saturated heterocycles. The molecule has 10 heteroatoms. The molecule has 0 atom stereocenters. The Morgan fingerprint density at radius 2 is 2.06 bits per heavy atom. The Kier molecular flexibility index (Phi) is 7.35. The molecule has 7 nitrogen and oxygen atoms in total. The zero-order valence-electron chi connectivity index (χ0n) is 18.4. The number of amides is 1. The highest BCUT2D eigenvalue weighted by Gasteiger charge is 2.26. The van der Waals surface area contributed by atoms with E-state index in [1.54, 1.807) is 30.6 Å². The molecule has 2 heterocycles. The van der Waals surface area contributed by atoms with E-state index in [4.69, 9.17) is 0 Å². The number of halogens is 1. The van der Waals surface area contributed by atoms with Crippen LogP contribution in [0.25, 0.3) is 11.1 Å². The number of aryl methyl sites for hydroxylation is 1. The summed E-state index contributed by atoms with van der Waals surface area (Å²) in [5, 5.41) is 0. The van der Waals surface area contributed by atoms with Gasteiger partial charge >= 0.3 is 6.09 Å². The standard InChI is InChI=1S/C22H26FN3O4S2/c1-5-20-24-8-9-26(20)13-16-7-6-15(11-19(16)23)18-12-17(10-14(2)3)31-21(18)32(28,29)25-22(27)30-4/h6-9,11-12,14H,5,10,13H2,1-4H3,(H,25,27). The molecule has 32 heavy (non-hydrogen) atoms. The summed E-state index contributed by atoms with van der Waals surface area (Å²) in [6.07, 6.45) is 3.79. The number of hydrogen-bond acceptors (Lipinski definition) is 6. The maximum atomic E-state index is 15.0. The first-order valence-electron chi connectivity index (χ1n) is 10.2. The van der Waals surface area contributed by atoms with Gasteiger partial charge in [-0.15, -0.1) is 11.3 Å². The minimum atomic E-state index is -4.18. The number of hydrogen-bond donors (Lipinski definition) is 1. The van der Waals surface area contributed by atoms with Crippen LogP contribution in [0.4, 0.5) is 9.18 Å². The van der Waals surface area contributed by atoms with Gasteiger partial charge in [0.25, 0.3) is 10.0 Å². The molecule has 0 aliphatic rings. The fourth-order valence-electron chi connectivity index (χ4n) is 3.35. The monoisotopic (exact) mass is 479 g/mol. The van der Waals surface area contributed by atoms with Crippen LogP contribution in [0, 0.1) is 11.7 Å². The Morgan fingerprint density at radius 3 is 2.69 bits per heavy atom. The van der Waals surface area contributed by atoms with Gasteiger partial charge in [0, 0.05) is 34.8 Å². The van der Waals surface area contributed by atoms with Gasteiger partial charge in [-0.25, -0.2) is 27.3 Å². The molecule has 0 unspecified atom stereocenters. The predicted octanol–water partition coefficient (Wildman–Crippen LogP) is 4.60. The van der Waals surface area contributed by atoms with Gasteiger partial charge in [-0.2, -0.15) is 0 Å². The maximum Gasteiger partial charge on any atom is 0.420 e. The van der Waals surface area contributed by atoms with Crippen LogP contribution in [0.5, 0.6) is 0 Å². The number of nitrogens with zero attached hydrogens (tertiary/aromatic N) is 2. The predicted molar refractivity (Wildman–Crippen MR) is 122 cm³/mol. The summed E-state index contributed by atoms with van der Waals surface area (Å²) in [5.74, 6) is 0.707. The Labute approximate surface area is 191 Å². The van der Waals surface area contributed by atoms with Gasteiger partial charge in [-0.05, 0) is 30.0 Å². The Bertz CT molecular complexity index is 1220. The summed E-state index contributed by atoms with van der Waals surface area (Å²) in [6.45, 7) is 6.35. The fraction of sp³-hybridized carbons (Fsp3) is 0.364. The van der Waals surface area contributed by atoms with Crippen molar-refractivity contribution in [3.8, 4) is 11.1 Å². The summed E-state index contributed by atoms with van der Waals surface area (Å²) in [5.41, 5.74) is 1.24. The van der Waals surface area contributed by atoms with Gasteiger partial charge in [-0.3, -0.25) is 0 Å². The number of ether oxygens (including phenoxy) is 1. The Morgan fingerprint density at radius 1 is 1.31 bits per heavy atom. The molecule has 0 spiro atoms. The summed E-state index contributed by atoms with van der Waals surface area (Å²) in [7, 11) is -3.09. The van der Waals surface area contributed by atoms with Crippen molar-refractivity contribution in [3.63, 3.8) is 0 Å². The van der Waals surface area contributed by atoms with Crippen LogP contribution in [0.15, 0.2) is 40.9 Å². The van der Waals surface area contributed by atoms with Crippen LogP contribution in [-0.2, 0) is 34.1 Å². The average molecular weight is 480 g/mol. The molecule has 3 rings (SSSR count). The van der Waals surface area contributed by atoms with E-state index >= 15 is 4.39 Å². The van der Waals surface area contributed by atoms with Crippen molar-refractivity contribution in [3.05, 3.63) is 58.7 Å². The van der Waals surface area contributed by atoms with Gasteiger partial charge in [0.2, 0.25) is 0 Å². The number of rotatable bonds is 8. The van der Waals surface area contributed by atoms with Crippen molar-refractivity contribution >= 4 is 27.5 Å².